The van der Waals surface area contributed by atoms with Crippen LogP contribution >= 0.6 is 0 Å². The lowest BCUT2D eigenvalue weighted by Gasteiger charge is -2.43. The van der Waals surface area contributed by atoms with Crippen LogP contribution in [0, 0.1) is 0 Å². The Morgan fingerprint density at radius 3 is 2.55 bits per heavy atom. The van der Waals surface area contributed by atoms with Crippen molar-refractivity contribution >= 4 is 0 Å². The van der Waals surface area contributed by atoms with Gasteiger partial charge >= 0.3 is 0 Å². The number of nitrogens with one attached hydrogen (secondary N) is 1. The smallest absolute Gasteiger partial charge is 0.128 e. The summed E-state index contributed by atoms with van der Waals surface area (Å²) in [4.78, 5) is 0. The van der Waals surface area contributed by atoms with Crippen LogP contribution in [0.15, 0.2) is 24.3 Å². The van der Waals surface area contributed by atoms with Crippen LogP contribution in [0.5, 0.6) is 5.75 Å². The fraction of sp³-hybridized carbons (Fsp3) is 0.625. The summed E-state index contributed by atoms with van der Waals surface area (Å²) < 4.78 is 16.6. The Kier molecular flexibility index (Phi) is 5.83. The van der Waals surface area contributed by atoms with Crippen LogP contribution in [-0.2, 0) is 15.9 Å². The van der Waals surface area contributed by atoms with Crippen molar-refractivity contribution in [3.8, 4) is 5.75 Å². The van der Waals surface area contributed by atoms with Gasteiger partial charge in [-0.15, -0.1) is 0 Å². The van der Waals surface area contributed by atoms with Crippen molar-refractivity contribution in [2.75, 3.05) is 27.4 Å². The largest absolute Gasteiger partial charge is 0.488 e. The Morgan fingerprint density at radius 2 is 1.95 bits per heavy atom. The van der Waals surface area contributed by atoms with E-state index in [0.717, 1.165) is 31.7 Å². The summed E-state index contributed by atoms with van der Waals surface area (Å²) in [6.45, 7) is 3.82. The van der Waals surface area contributed by atoms with Crippen molar-refractivity contribution in [1.29, 1.82) is 0 Å². The summed E-state index contributed by atoms with van der Waals surface area (Å²) in [6, 6.07) is 8.65. The third kappa shape index (κ3) is 3.72. The summed E-state index contributed by atoms with van der Waals surface area (Å²) in [5.41, 5.74) is 1.27. The van der Waals surface area contributed by atoms with Crippen LogP contribution in [0.25, 0.3) is 0 Å². The quantitative estimate of drug-likeness (QED) is 0.790. The summed E-state index contributed by atoms with van der Waals surface area (Å²) in [6.07, 6.45) is 2.22. The third-order valence-corrected chi connectivity index (χ3v) is 3.79. The lowest BCUT2D eigenvalue weighted by molar-refractivity contribution is -0.0884. The number of hydrogen-bond acceptors (Lipinski definition) is 4. The maximum atomic E-state index is 5.99. The highest BCUT2D eigenvalue weighted by molar-refractivity contribution is 5.28. The molecule has 0 aliphatic heterocycles. The first-order chi connectivity index (χ1) is 9.78. The fourth-order valence-electron chi connectivity index (χ4n) is 2.60. The van der Waals surface area contributed by atoms with Crippen molar-refractivity contribution < 1.29 is 14.2 Å². The van der Waals surface area contributed by atoms with Gasteiger partial charge in [0.2, 0.25) is 0 Å². The van der Waals surface area contributed by atoms with Gasteiger partial charge in [0, 0.05) is 26.7 Å². The topological polar surface area (TPSA) is 39.7 Å². The van der Waals surface area contributed by atoms with Gasteiger partial charge in [0.15, 0.2) is 0 Å². The first kappa shape index (κ1) is 15.3. The standard InChI is InChI=1S/C16H25NO3/c1-4-17-14-11-15(16(14)19-3)20-13-7-5-12(6-8-13)9-10-18-2/h5-8,14-17H,4,9-11H2,1-3H3. The highest BCUT2D eigenvalue weighted by Crippen LogP contribution is 2.28. The van der Waals surface area contributed by atoms with Crippen molar-refractivity contribution in [3.05, 3.63) is 29.8 Å². The minimum absolute atomic E-state index is 0.142. The van der Waals surface area contributed by atoms with Crippen molar-refractivity contribution in [3.63, 3.8) is 0 Å². The van der Waals surface area contributed by atoms with Gasteiger partial charge in [0.05, 0.1) is 6.61 Å². The maximum absolute atomic E-state index is 5.99. The zero-order valence-corrected chi connectivity index (χ0v) is 12.6. The maximum Gasteiger partial charge on any atom is 0.128 e. The van der Waals surface area contributed by atoms with Gasteiger partial charge in [0.25, 0.3) is 0 Å². The van der Waals surface area contributed by atoms with Crippen LogP contribution in [0.2, 0.25) is 0 Å². The first-order valence-electron chi connectivity index (χ1n) is 7.29. The van der Waals surface area contributed by atoms with E-state index in [2.05, 4.69) is 24.4 Å². The molecule has 3 atom stereocenters. The Morgan fingerprint density at radius 1 is 1.20 bits per heavy atom. The highest BCUT2D eigenvalue weighted by atomic mass is 16.5. The SMILES string of the molecule is CCNC1CC(Oc2ccc(CCOC)cc2)C1OC. The van der Waals surface area contributed by atoms with E-state index in [9.17, 15) is 0 Å². The minimum Gasteiger partial charge on any atom is -0.488 e. The Bertz CT molecular complexity index is 393. The van der Waals surface area contributed by atoms with Crippen LogP contribution in [0.1, 0.15) is 18.9 Å². The van der Waals surface area contributed by atoms with E-state index in [1.54, 1.807) is 14.2 Å². The average Bonchev–Trinajstić information content (AvgIpc) is 2.45. The first-order valence-corrected chi connectivity index (χ1v) is 7.29. The molecule has 0 radical (unpaired) electrons. The number of ether oxygens (including phenoxy) is 3. The van der Waals surface area contributed by atoms with Gasteiger partial charge in [0.1, 0.15) is 18.0 Å². The lowest BCUT2D eigenvalue weighted by Crippen LogP contribution is -2.60. The highest BCUT2D eigenvalue weighted by Gasteiger charge is 2.42. The summed E-state index contributed by atoms with van der Waals surface area (Å²) in [5, 5.41) is 3.41. The molecule has 1 fully saturated rings. The number of likely N-dealkylation sites (N-methyl/N-ethyl adjacent to an activating group) is 1. The molecule has 1 aliphatic rings. The molecule has 1 N–H and O–H groups in total. The molecular formula is C16H25NO3. The molecule has 1 aliphatic carbocycles. The molecule has 1 saturated carbocycles. The van der Waals surface area contributed by atoms with E-state index in [1.165, 1.54) is 5.56 Å². The van der Waals surface area contributed by atoms with Crippen LogP contribution in [0.3, 0.4) is 0 Å². The Hall–Kier alpha value is -1.10. The molecule has 0 amide bonds. The second-order valence-electron chi connectivity index (χ2n) is 5.14. The minimum atomic E-state index is 0.142. The van der Waals surface area contributed by atoms with Gasteiger partial charge in [-0.3, -0.25) is 0 Å². The molecule has 1 aromatic carbocycles. The Labute approximate surface area is 121 Å². The summed E-state index contributed by atoms with van der Waals surface area (Å²) >= 11 is 0. The molecule has 112 valence electrons. The van der Waals surface area contributed by atoms with Gasteiger partial charge in [-0.2, -0.15) is 0 Å². The lowest BCUT2D eigenvalue weighted by atomic mass is 9.85. The number of hydrogen-bond donors (Lipinski definition) is 1. The number of benzene rings is 1. The van der Waals surface area contributed by atoms with Crippen LogP contribution in [0.4, 0.5) is 0 Å². The van der Waals surface area contributed by atoms with Crippen LogP contribution in [-0.4, -0.2) is 45.6 Å². The van der Waals surface area contributed by atoms with E-state index >= 15 is 0 Å². The molecule has 4 heteroatoms. The van der Waals surface area contributed by atoms with Crippen LogP contribution < -0.4 is 10.1 Å². The predicted molar refractivity (Wildman–Crippen MR) is 79.3 cm³/mol. The molecule has 4 nitrogen and oxygen atoms in total. The fourth-order valence-corrected chi connectivity index (χ4v) is 2.60. The average molecular weight is 279 g/mol. The second kappa shape index (κ2) is 7.62. The van der Waals surface area contributed by atoms with E-state index in [1.807, 2.05) is 12.1 Å². The van der Waals surface area contributed by atoms with Gasteiger partial charge in [-0.1, -0.05) is 19.1 Å². The van der Waals surface area contributed by atoms with Gasteiger partial charge in [-0.05, 0) is 30.7 Å². The molecular weight excluding hydrogens is 254 g/mol. The van der Waals surface area contributed by atoms with E-state index in [4.69, 9.17) is 14.2 Å². The molecule has 20 heavy (non-hydrogen) atoms. The van der Waals surface area contributed by atoms with E-state index < -0.39 is 0 Å². The normalized spacial score (nSPS) is 25.2. The number of rotatable bonds is 8. The molecule has 0 saturated heterocycles. The van der Waals surface area contributed by atoms with Gasteiger partial charge < -0.3 is 19.5 Å². The molecule has 0 bridgehead atoms. The van der Waals surface area contributed by atoms with Crippen molar-refractivity contribution in [2.24, 2.45) is 0 Å². The zero-order valence-electron chi connectivity index (χ0n) is 12.6. The zero-order chi connectivity index (χ0) is 14.4. The van der Waals surface area contributed by atoms with Crippen molar-refractivity contribution in [2.45, 2.75) is 38.0 Å². The molecule has 1 aromatic rings. The van der Waals surface area contributed by atoms with E-state index in [0.29, 0.717) is 6.04 Å². The molecule has 0 spiro atoms. The monoisotopic (exact) mass is 279 g/mol. The molecule has 0 aromatic heterocycles. The van der Waals surface area contributed by atoms with Gasteiger partial charge in [-0.25, -0.2) is 0 Å². The summed E-state index contributed by atoms with van der Waals surface area (Å²) in [7, 11) is 3.47. The van der Waals surface area contributed by atoms with E-state index in [-0.39, 0.29) is 12.2 Å². The summed E-state index contributed by atoms with van der Waals surface area (Å²) in [5.74, 6) is 0.910. The predicted octanol–water partition coefficient (Wildman–Crippen LogP) is 2.02. The second-order valence-corrected chi connectivity index (χ2v) is 5.14. The Balaban J connectivity index is 1.84. The van der Waals surface area contributed by atoms with Crippen molar-refractivity contribution in [1.82, 2.24) is 5.32 Å². The third-order valence-electron chi connectivity index (χ3n) is 3.79. The molecule has 0 heterocycles. The molecule has 3 unspecified atom stereocenters. The number of methoxy groups -OCH3 is 2. The molecule has 2 rings (SSSR count).